The summed E-state index contributed by atoms with van der Waals surface area (Å²) in [5.41, 5.74) is 6.08. The summed E-state index contributed by atoms with van der Waals surface area (Å²) in [4.78, 5) is 0. The van der Waals surface area contributed by atoms with E-state index in [9.17, 15) is 4.39 Å². The van der Waals surface area contributed by atoms with E-state index in [1.165, 1.54) is 11.6 Å². The van der Waals surface area contributed by atoms with Crippen molar-refractivity contribution in [3.8, 4) is 5.75 Å². The number of rotatable bonds is 4. The zero-order valence-corrected chi connectivity index (χ0v) is 12.0. The highest BCUT2D eigenvalue weighted by Gasteiger charge is 2.29. The molecular formula is C17H19FN2O. The molecule has 3 N–H and O–H groups in total. The Hall–Kier alpha value is -1.91. The summed E-state index contributed by atoms with van der Waals surface area (Å²) in [7, 11) is 0. The molecule has 0 saturated carbocycles. The summed E-state index contributed by atoms with van der Waals surface area (Å²) in [6.45, 7) is 1.91. The van der Waals surface area contributed by atoms with Crippen LogP contribution in [0.2, 0.25) is 0 Å². The Morgan fingerprint density at radius 1 is 1.33 bits per heavy atom. The van der Waals surface area contributed by atoms with E-state index < -0.39 is 0 Å². The maximum Gasteiger partial charge on any atom is 0.123 e. The molecule has 110 valence electrons. The van der Waals surface area contributed by atoms with Gasteiger partial charge in [0.05, 0.1) is 6.04 Å². The van der Waals surface area contributed by atoms with Crippen LogP contribution in [0.5, 0.6) is 5.75 Å². The number of aryl methyl sites for hydroxylation is 1. The van der Waals surface area contributed by atoms with Gasteiger partial charge >= 0.3 is 0 Å². The number of ether oxygens (including phenoxy) is 1. The largest absolute Gasteiger partial charge is 0.488 e. The maximum absolute atomic E-state index is 13.2. The summed E-state index contributed by atoms with van der Waals surface area (Å²) in [6.07, 6.45) is 1.55. The number of nitrogens with two attached hydrogens (primary N) is 1. The summed E-state index contributed by atoms with van der Waals surface area (Å²) in [5, 5.41) is 0. The molecule has 4 heteroatoms. The third-order valence-corrected chi connectivity index (χ3v) is 4.08. The van der Waals surface area contributed by atoms with Gasteiger partial charge in [-0.1, -0.05) is 24.3 Å². The molecule has 0 saturated heterocycles. The molecule has 1 aliphatic heterocycles. The van der Waals surface area contributed by atoms with Crippen LogP contribution in [-0.4, -0.2) is 12.1 Å². The number of para-hydroxylation sites is 1. The van der Waals surface area contributed by atoms with Crippen molar-refractivity contribution in [3.63, 3.8) is 0 Å². The molecule has 1 heterocycles. The van der Waals surface area contributed by atoms with Gasteiger partial charge in [0.2, 0.25) is 0 Å². The van der Waals surface area contributed by atoms with Gasteiger partial charge in [0, 0.05) is 6.42 Å². The minimum absolute atomic E-state index is 0.00291. The minimum Gasteiger partial charge on any atom is -0.488 e. The quantitative estimate of drug-likeness (QED) is 0.670. The van der Waals surface area contributed by atoms with Gasteiger partial charge in [0.15, 0.2) is 0 Å². The van der Waals surface area contributed by atoms with Gasteiger partial charge in [0.1, 0.15) is 17.7 Å². The predicted octanol–water partition coefficient (Wildman–Crippen LogP) is 2.51. The van der Waals surface area contributed by atoms with Crippen molar-refractivity contribution in [3.05, 3.63) is 65.0 Å². The number of fused-ring (bicyclic) bond motifs is 1. The Labute approximate surface area is 123 Å². The van der Waals surface area contributed by atoms with Gasteiger partial charge in [0.25, 0.3) is 0 Å². The molecule has 0 fully saturated rings. The van der Waals surface area contributed by atoms with Crippen LogP contribution < -0.4 is 16.0 Å². The molecule has 2 aromatic rings. The summed E-state index contributed by atoms with van der Waals surface area (Å²) in [5.74, 6) is 6.43. The lowest BCUT2D eigenvalue weighted by atomic mass is 9.96. The second-order valence-electron chi connectivity index (χ2n) is 5.52. The molecule has 2 atom stereocenters. The van der Waals surface area contributed by atoms with Gasteiger partial charge in [-0.25, -0.2) is 4.39 Å². The van der Waals surface area contributed by atoms with E-state index in [1.807, 2.05) is 31.2 Å². The number of nitrogens with one attached hydrogen (secondary N) is 1. The normalized spacial score (nSPS) is 18.1. The Morgan fingerprint density at radius 3 is 2.86 bits per heavy atom. The van der Waals surface area contributed by atoms with Crippen LogP contribution in [-0.2, 0) is 12.8 Å². The zero-order chi connectivity index (χ0) is 14.8. The van der Waals surface area contributed by atoms with Crippen molar-refractivity contribution < 1.29 is 9.13 Å². The van der Waals surface area contributed by atoms with E-state index in [0.717, 1.165) is 23.3 Å². The second kappa shape index (κ2) is 5.84. The van der Waals surface area contributed by atoms with Gasteiger partial charge in [-0.3, -0.25) is 11.3 Å². The maximum atomic E-state index is 13.2. The van der Waals surface area contributed by atoms with E-state index in [2.05, 4.69) is 11.5 Å². The van der Waals surface area contributed by atoms with Crippen LogP contribution in [0.4, 0.5) is 4.39 Å². The van der Waals surface area contributed by atoms with E-state index in [4.69, 9.17) is 10.6 Å². The lowest BCUT2D eigenvalue weighted by Gasteiger charge is -2.23. The third kappa shape index (κ3) is 2.91. The first-order valence-electron chi connectivity index (χ1n) is 7.13. The third-order valence-electron chi connectivity index (χ3n) is 4.08. The van der Waals surface area contributed by atoms with Crippen molar-refractivity contribution in [1.29, 1.82) is 0 Å². The molecule has 0 amide bonds. The number of hydrogen-bond acceptors (Lipinski definition) is 3. The first-order valence-corrected chi connectivity index (χ1v) is 7.13. The average Bonchev–Trinajstić information content (AvgIpc) is 2.90. The topological polar surface area (TPSA) is 47.3 Å². The molecule has 21 heavy (non-hydrogen) atoms. The second-order valence-corrected chi connectivity index (χ2v) is 5.52. The molecule has 3 rings (SSSR count). The molecular weight excluding hydrogens is 267 g/mol. The highest BCUT2D eigenvalue weighted by Crippen LogP contribution is 2.30. The summed E-state index contributed by atoms with van der Waals surface area (Å²) >= 11 is 0. The molecule has 2 aromatic carbocycles. The van der Waals surface area contributed by atoms with Gasteiger partial charge in [-0.05, 0) is 48.2 Å². The van der Waals surface area contributed by atoms with E-state index in [-0.39, 0.29) is 18.0 Å². The number of hydrazine groups is 1. The van der Waals surface area contributed by atoms with Crippen molar-refractivity contribution in [2.24, 2.45) is 5.84 Å². The number of benzene rings is 2. The highest BCUT2D eigenvalue weighted by molar-refractivity contribution is 5.38. The van der Waals surface area contributed by atoms with Crippen LogP contribution in [0.25, 0.3) is 0 Å². The fraction of sp³-hybridized carbons (Fsp3) is 0.294. The Morgan fingerprint density at radius 2 is 2.14 bits per heavy atom. The fourth-order valence-electron chi connectivity index (χ4n) is 2.86. The summed E-state index contributed by atoms with van der Waals surface area (Å²) < 4.78 is 19.2. The van der Waals surface area contributed by atoms with Gasteiger partial charge in [-0.2, -0.15) is 0 Å². The number of halogens is 1. The van der Waals surface area contributed by atoms with Crippen LogP contribution in [0, 0.1) is 12.7 Å². The Kier molecular flexibility index (Phi) is 3.90. The molecule has 0 aliphatic carbocycles. The smallest absolute Gasteiger partial charge is 0.123 e. The van der Waals surface area contributed by atoms with Crippen LogP contribution >= 0.6 is 0 Å². The monoisotopic (exact) mass is 286 g/mol. The predicted molar refractivity (Wildman–Crippen MR) is 80.5 cm³/mol. The molecule has 0 radical (unpaired) electrons. The minimum atomic E-state index is -0.210. The highest BCUT2D eigenvalue weighted by atomic mass is 19.1. The lowest BCUT2D eigenvalue weighted by molar-refractivity contribution is 0.177. The van der Waals surface area contributed by atoms with Gasteiger partial charge in [-0.15, -0.1) is 0 Å². The van der Waals surface area contributed by atoms with Crippen molar-refractivity contribution in [2.75, 3.05) is 0 Å². The summed E-state index contributed by atoms with van der Waals surface area (Å²) in [6, 6.07) is 12.9. The zero-order valence-electron chi connectivity index (χ0n) is 12.0. The van der Waals surface area contributed by atoms with Crippen molar-refractivity contribution >= 4 is 0 Å². The van der Waals surface area contributed by atoms with E-state index in [1.54, 1.807) is 6.07 Å². The Balaban J connectivity index is 1.75. The van der Waals surface area contributed by atoms with Crippen LogP contribution in [0.3, 0.4) is 0 Å². The first kappa shape index (κ1) is 14.0. The lowest BCUT2D eigenvalue weighted by Crippen LogP contribution is -2.47. The molecule has 0 aromatic heterocycles. The SMILES string of the molecule is Cc1cc(F)ccc1CC(NN)C1Cc2ccccc2O1. The fourth-order valence-corrected chi connectivity index (χ4v) is 2.86. The van der Waals surface area contributed by atoms with Crippen molar-refractivity contribution in [1.82, 2.24) is 5.43 Å². The van der Waals surface area contributed by atoms with Crippen LogP contribution in [0.1, 0.15) is 16.7 Å². The van der Waals surface area contributed by atoms with Crippen LogP contribution in [0.15, 0.2) is 42.5 Å². The first-order chi connectivity index (χ1) is 10.2. The standard InChI is InChI=1S/C17H19FN2O/c1-11-8-14(18)7-6-12(11)9-15(20-19)17-10-13-4-2-3-5-16(13)21-17/h2-8,15,17,20H,9-10,19H2,1H3. The molecule has 2 unspecified atom stereocenters. The number of hydrogen-bond donors (Lipinski definition) is 2. The van der Waals surface area contributed by atoms with E-state index in [0.29, 0.717) is 6.42 Å². The molecule has 0 bridgehead atoms. The average molecular weight is 286 g/mol. The van der Waals surface area contributed by atoms with Crippen molar-refractivity contribution in [2.45, 2.75) is 31.9 Å². The van der Waals surface area contributed by atoms with Gasteiger partial charge < -0.3 is 4.74 Å². The molecule has 0 spiro atoms. The molecule has 1 aliphatic rings. The van der Waals surface area contributed by atoms with E-state index >= 15 is 0 Å². The molecule has 3 nitrogen and oxygen atoms in total. The Bertz CT molecular complexity index is 619.